The lowest BCUT2D eigenvalue weighted by Gasteiger charge is -2.06. The molecule has 164 valence electrons. The Hall–Kier alpha value is -2.93. The van der Waals surface area contributed by atoms with Crippen molar-refractivity contribution in [1.82, 2.24) is 9.78 Å². The molecule has 1 amide bonds. The summed E-state index contributed by atoms with van der Waals surface area (Å²) in [5.41, 5.74) is 1.80. The van der Waals surface area contributed by atoms with E-state index in [1.807, 2.05) is 31.2 Å². The van der Waals surface area contributed by atoms with Gasteiger partial charge in [-0.3, -0.25) is 9.48 Å². The summed E-state index contributed by atoms with van der Waals surface area (Å²) in [4.78, 5) is 12.6. The fraction of sp³-hybridized carbons (Fsp3) is 0.130. The largest absolute Gasteiger partial charge is 0.486 e. The zero-order chi connectivity index (χ0) is 22.7. The molecule has 0 bridgehead atoms. The van der Waals surface area contributed by atoms with Gasteiger partial charge in [-0.05, 0) is 54.4 Å². The smallest absolute Gasteiger partial charge is 0.292 e. The van der Waals surface area contributed by atoms with Crippen LogP contribution < -0.4 is 10.1 Å². The van der Waals surface area contributed by atoms with Crippen LogP contribution in [0.15, 0.2) is 65.2 Å². The highest BCUT2D eigenvalue weighted by Gasteiger charge is 2.16. The summed E-state index contributed by atoms with van der Waals surface area (Å²) in [6.07, 6.45) is 1.62. The summed E-state index contributed by atoms with van der Waals surface area (Å²) in [6.45, 7) is 2.48. The Morgan fingerprint density at radius 3 is 2.66 bits per heavy atom. The number of rotatable bonds is 7. The van der Waals surface area contributed by atoms with Crippen LogP contribution in [0.3, 0.4) is 0 Å². The molecule has 0 unspecified atom stereocenters. The first kappa shape index (κ1) is 22.3. The lowest BCUT2D eigenvalue weighted by molar-refractivity contribution is 0.0992. The number of aromatic nitrogens is 2. The molecule has 32 heavy (non-hydrogen) atoms. The zero-order valence-electron chi connectivity index (χ0n) is 16.9. The number of carbonyl (C=O) groups excluding carboxylic acids is 1. The Kier molecular flexibility index (Phi) is 6.74. The lowest BCUT2D eigenvalue weighted by Crippen LogP contribution is -2.12. The van der Waals surface area contributed by atoms with Gasteiger partial charge >= 0.3 is 0 Å². The molecule has 6 nitrogen and oxygen atoms in total. The second-order valence-corrected chi connectivity index (χ2v) is 8.26. The fourth-order valence-electron chi connectivity index (χ4n) is 2.97. The first-order valence-electron chi connectivity index (χ1n) is 9.64. The maximum absolute atomic E-state index is 12.6. The van der Waals surface area contributed by atoms with Gasteiger partial charge in [0.05, 0.1) is 6.54 Å². The Bertz CT molecular complexity index is 1270. The molecule has 2 aromatic carbocycles. The van der Waals surface area contributed by atoms with Crippen molar-refractivity contribution in [3.8, 4) is 5.75 Å². The molecule has 0 aliphatic carbocycles. The van der Waals surface area contributed by atoms with E-state index < -0.39 is 5.91 Å². The first-order chi connectivity index (χ1) is 15.4. The van der Waals surface area contributed by atoms with Gasteiger partial charge in [-0.1, -0.05) is 53.0 Å². The van der Waals surface area contributed by atoms with E-state index in [1.54, 1.807) is 41.2 Å². The number of nitrogens with one attached hydrogen (secondary N) is 1. The highest BCUT2D eigenvalue weighted by molar-refractivity contribution is 6.33. The summed E-state index contributed by atoms with van der Waals surface area (Å²) in [5, 5.41) is 8.59. The van der Waals surface area contributed by atoms with Crippen LogP contribution in [0.1, 0.15) is 27.4 Å². The van der Waals surface area contributed by atoms with Crippen molar-refractivity contribution in [1.29, 1.82) is 0 Å². The molecule has 1 N–H and O–H groups in total. The normalized spacial score (nSPS) is 10.9. The van der Waals surface area contributed by atoms with Gasteiger partial charge in [-0.2, -0.15) is 5.10 Å². The number of anilines is 1. The molecular formula is C23H18Cl3N3O3. The van der Waals surface area contributed by atoms with Crippen LogP contribution in [0, 0.1) is 6.92 Å². The number of hydrogen-bond donors (Lipinski definition) is 1. The van der Waals surface area contributed by atoms with E-state index in [4.69, 9.17) is 44.0 Å². The van der Waals surface area contributed by atoms with Crippen molar-refractivity contribution in [2.45, 2.75) is 20.1 Å². The second kappa shape index (κ2) is 9.69. The van der Waals surface area contributed by atoms with E-state index in [-0.39, 0.29) is 18.2 Å². The molecule has 4 aromatic rings. The SMILES string of the molecule is Cc1cc(OCc2ccc(C(=O)Nc3nn(Cc4ccccc4Cl)cc3Cl)o2)ccc1Cl. The van der Waals surface area contributed by atoms with Gasteiger partial charge < -0.3 is 14.5 Å². The quantitative estimate of drug-likeness (QED) is 0.316. The van der Waals surface area contributed by atoms with Gasteiger partial charge in [-0.25, -0.2) is 0 Å². The monoisotopic (exact) mass is 489 g/mol. The van der Waals surface area contributed by atoms with Crippen molar-refractivity contribution in [3.05, 3.63) is 98.5 Å². The van der Waals surface area contributed by atoms with E-state index in [9.17, 15) is 4.79 Å². The van der Waals surface area contributed by atoms with Gasteiger partial charge in [0.2, 0.25) is 0 Å². The Morgan fingerprint density at radius 2 is 1.88 bits per heavy atom. The minimum atomic E-state index is -0.469. The van der Waals surface area contributed by atoms with Crippen molar-refractivity contribution in [3.63, 3.8) is 0 Å². The molecule has 0 spiro atoms. The number of ether oxygens (including phenoxy) is 1. The zero-order valence-corrected chi connectivity index (χ0v) is 19.2. The topological polar surface area (TPSA) is 69.3 Å². The minimum absolute atomic E-state index is 0.118. The number of aryl methyl sites for hydroxylation is 1. The maximum atomic E-state index is 12.6. The third kappa shape index (κ3) is 5.27. The summed E-state index contributed by atoms with van der Waals surface area (Å²) < 4.78 is 12.9. The lowest BCUT2D eigenvalue weighted by atomic mass is 10.2. The van der Waals surface area contributed by atoms with Gasteiger partial charge in [0.25, 0.3) is 5.91 Å². The van der Waals surface area contributed by atoms with E-state index in [0.29, 0.717) is 33.1 Å². The molecule has 4 rings (SSSR count). The second-order valence-electron chi connectivity index (χ2n) is 7.03. The average molecular weight is 491 g/mol. The fourth-order valence-corrected chi connectivity index (χ4v) is 3.48. The van der Waals surface area contributed by atoms with Crippen LogP contribution in [-0.4, -0.2) is 15.7 Å². The standard InChI is InChI=1S/C23H18Cl3N3O3/c1-14-10-16(6-8-18(14)24)31-13-17-7-9-21(32-17)23(30)27-22-20(26)12-29(28-22)11-15-4-2-3-5-19(15)25/h2-10,12H,11,13H2,1H3,(H,27,28,30). The number of amides is 1. The number of carbonyl (C=O) groups is 1. The van der Waals surface area contributed by atoms with Crippen molar-refractivity contribution in [2.24, 2.45) is 0 Å². The van der Waals surface area contributed by atoms with Crippen LogP contribution in [0.25, 0.3) is 0 Å². The predicted molar refractivity (Wildman–Crippen MR) is 125 cm³/mol. The summed E-state index contributed by atoms with van der Waals surface area (Å²) in [5.74, 6) is 1.04. The Balaban J connectivity index is 1.38. The Labute approximate surface area is 199 Å². The number of hydrogen-bond acceptors (Lipinski definition) is 4. The van der Waals surface area contributed by atoms with E-state index >= 15 is 0 Å². The van der Waals surface area contributed by atoms with Crippen LogP contribution in [0.5, 0.6) is 5.75 Å². The van der Waals surface area contributed by atoms with E-state index in [2.05, 4.69) is 10.4 Å². The average Bonchev–Trinajstić information content (AvgIpc) is 3.37. The molecule has 2 aromatic heterocycles. The summed E-state index contributed by atoms with van der Waals surface area (Å²) in [6, 6.07) is 16.1. The summed E-state index contributed by atoms with van der Waals surface area (Å²) in [7, 11) is 0. The van der Waals surface area contributed by atoms with Crippen molar-refractivity contribution >= 4 is 46.5 Å². The number of nitrogens with zero attached hydrogens (tertiary/aromatic N) is 2. The van der Waals surface area contributed by atoms with Crippen LogP contribution in [0.4, 0.5) is 5.82 Å². The molecule has 0 radical (unpaired) electrons. The van der Waals surface area contributed by atoms with Crippen LogP contribution in [0.2, 0.25) is 15.1 Å². The van der Waals surface area contributed by atoms with Gasteiger partial charge in [0.1, 0.15) is 23.1 Å². The molecule has 0 saturated heterocycles. The molecule has 9 heteroatoms. The first-order valence-corrected chi connectivity index (χ1v) is 10.8. The third-order valence-corrected chi connectivity index (χ3v) is 5.70. The highest BCUT2D eigenvalue weighted by atomic mass is 35.5. The molecule has 0 fully saturated rings. The molecular weight excluding hydrogens is 473 g/mol. The highest BCUT2D eigenvalue weighted by Crippen LogP contribution is 2.24. The van der Waals surface area contributed by atoms with Gasteiger partial charge in [-0.15, -0.1) is 0 Å². The molecule has 2 heterocycles. The third-order valence-electron chi connectivity index (χ3n) is 4.64. The molecule has 0 aliphatic heterocycles. The minimum Gasteiger partial charge on any atom is -0.486 e. The molecule has 0 atom stereocenters. The number of benzene rings is 2. The van der Waals surface area contributed by atoms with Crippen LogP contribution in [-0.2, 0) is 13.2 Å². The van der Waals surface area contributed by atoms with E-state index in [1.165, 1.54) is 0 Å². The van der Waals surface area contributed by atoms with Crippen molar-refractivity contribution < 1.29 is 13.9 Å². The molecule has 0 aliphatic rings. The van der Waals surface area contributed by atoms with Gasteiger partial charge in [0.15, 0.2) is 11.6 Å². The number of furan rings is 1. The molecule has 0 saturated carbocycles. The number of halogens is 3. The van der Waals surface area contributed by atoms with E-state index in [0.717, 1.165) is 11.1 Å². The maximum Gasteiger partial charge on any atom is 0.292 e. The predicted octanol–water partition coefficient (Wildman–Crippen LogP) is 6.62. The Morgan fingerprint density at radius 1 is 1.06 bits per heavy atom. The van der Waals surface area contributed by atoms with Crippen molar-refractivity contribution in [2.75, 3.05) is 5.32 Å². The van der Waals surface area contributed by atoms with Crippen LogP contribution >= 0.6 is 34.8 Å². The summed E-state index contributed by atoms with van der Waals surface area (Å²) >= 11 is 18.5. The van der Waals surface area contributed by atoms with Gasteiger partial charge in [0, 0.05) is 16.2 Å².